The molecule has 0 unspecified atom stereocenters. The molecular formula is C52H18Cl4F36N8O12. The van der Waals surface area contributed by atoms with Crippen LogP contribution in [0.25, 0.3) is 89.7 Å². The lowest BCUT2D eigenvalue weighted by molar-refractivity contribution is -0.529. The average molecular weight is 1770 g/mol. The minimum atomic E-state index is -6.93. The molecule has 20 nitrogen and oxygen atoms in total. The first-order chi connectivity index (χ1) is 50.4. The summed E-state index contributed by atoms with van der Waals surface area (Å²) in [6.07, 6.45) is -105. The molecule has 618 valence electrons. The van der Waals surface area contributed by atoms with Gasteiger partial charge >= 0.3 is 98.8 Å². The first-order valence-electron chi connectivity index (χ1n) is 27.5. The van der Waals surface area contributed by atoms with Gasteiger partial charge in [-0.25, -0.2) is 67.8 Å². The number of nitrogens with zero attached hydrogens (tertiary/aromatic N) is 6. The second-order valence-corrected chi connectivity index (χ2v) is 23.0. The number of benzene rings is 4. The van der Waals surface area contributed by atoms with E-state index < -0.39 is 258 Å². The maximum absolute atomic E-state index is 15.0. The summed E-state index contributed by atoms with van der Waals surface area (Å²) in [5, 5.41) is -7.11. The van der Waals surface area contributed by atoms with E-state index in [-0.39, 0.29) is 0 Å². The Balaban J connectivity index is 1.28. The van der Waals surface area contributed by atoms with Crippen LogP contribution in [0.2, 0.25) is 20.1 Å². The lowest BCUT2D eigenvalue weighted by Crippen LogP contribution is -2.52. The fraction of sp³-hybridized carbons (Fsp3) is 0.385. The zero-order valence-corrected chi connectivity index (χ0v) is 54.2. The predicted octanol–water partition coefficient (Wildman–Crippen LogP) is 20.3. The number of rotatable bonds is 28. The molecule has 0 saturated heterocycles. The Kier molecular flexibility index (Phi) is 22.7. The van der Waals surface area contributed by atoms with Crippen LogP contribution < -0.4 is 18.9 Å². The van der Waals surface area contributed by atoms with E-state index in [1.807, 2.05) is 18.9 Å². The Hall–Kier alpha value is -8.24. The monoisotopic (exact) mass is 1770 g/mol. The van der Waals surface area contributed by atoms with Crippen LogP contribution in [0.15, 0.2) is 48.5 Å². The molecule has 0 spiro atoms. The van der Waals surface area contributed by atoms with Gasteiger partial charge in [0.15, 0.2) is 49.7 Å². The second kappa shape index (κ2) is 28.9. The summed E-state index contributed by atoms with van der Waals surface area (Å²) in [6.45, 7) is -11.0. The zero-order chi connectivity index (χ0) is 84.5. The Morgan fingerprint density at radius 2 is 0.411 bits per heavy atom. The summed E-state index contributed by atoms with van der Waals surface area (Å²) in [6, 6.07) is 3.79. The summed E-state index contributed by atoms with van der Waals surface area (Å²) < 4.78 is 532. The number of nitrogens with one attached hydrogen (secondary N) is 2. The molecule has 5 heterocycles. The molecule has 0 aliphatic carbocycles. The van der Waals surface area contributed by atoms with Crippen LogP contribution in [-0.2, 0) is 37.9 Å². The molecule has 0 atom stereocenters. The Morgan fingerprint density at radius 3 is 0.625 bits per heavy atom. The van der Waals surface area contributed by atoms with E-state index >= 15 is 0 Å². The molecule has 9 rings (SSSR count). The maximum atomic E-state index is 15.0. The molecule has 60 heteroatoms. The van der Waals surface area contributed by atoms with E-state index in [1.165, 1.54) is 0 Å². The summed E-state index contributed by atoms with van der Waals surface area (Å²) >= 11 is 25.1. The quantitative estimate of drug-likeness (QED) is 0.0435. The predicted molar refractivity (Wildman–Crippen MR) is 290 cm³/mol. The minimum absolute atomic E-state index is 0.410. The number of aromatic amines is 2. The highest BCUT2D eigenvalue weighted by molar-refractivity contribution is 6.34. The van der Waals surface area contributed by atoms with Gasteiger partial charge in [-0.2, -0.15) is 105 Å². The van der Waals surface area contributed by atoms with Crippen molar-refractivity contribution in [3.8, 4) is 68.5 Å². The lowest BCUT2D eigenvalue weighted by atomic mass is 10.1. The van der Waals surface area contributed by atoms with Crippen molar-refractivity contribution in [1.82, 2.24) is 39.9 Å². The molecule has 0 fully saturated rings. The summed E-state index contributed by atoms with van der Waals surface area (Å²) in [7, 11) is 0. The van der Waals surface area contributed by atoms with Crippen LogP contribution in [0, 0.1) is 0 Å². The van der Waals surface area contributed by atoms with Crippen molar-refractivity contribution in [3.63, 3.8) is 0 Å². The third-order valence-electron chi connectivity index (χ3n) is 13.1. The summed E-state index contributed by atoms with van der Waals surface area (Å²) in [4.78, 5) is 29.9. The highest BCUT2D eigenvalue weighted by atomic mass is 35.5. The Morgan fingerprint density at radius 1 is 0.232 bits per heavy atom. The fourth-order valence-corrected chi connectivity index (χ4v) is 9.68. The molecule has 2 aliphatic rings. The first-order valence-corrected chi connectivity index (χ1v) is 29.0. The number of H-pyrrole nitrogens is 2. The van der Waals surface area contributed by atoms with Crippen molar-refractivity contribution >= 4 is 90.5 Å². The van der Waals surface area contributed by atoms with Crippen molar-refractivity contribution in [1.29, 1.82) is 0 Å². The zero-order valence-electron chi connectivity index (χ0n) is 51.1. The van der Waals surface area contributed by atoms with Crippen molar-refractivity contribution < 1.29 is 215 Å². The molecule has 112 heavy (non-hydrogen) atoms. The molecule has 3 aromatic heterocycles. The van der Waals surface area contributed by atoms with Gasteiger partial charge in [0.2, 0.25) is 0 Å². The Labute approximate surface area is 606 Å². The Bertz CT molecular complexity index is 4650. The normalized spacial score (nSPS) is 14.5. The lowest BCUT2D eigenvalue weighted by Gasteiger charge is -2.29. The largest absolute Gasteiger partial charge is 0.527 e. The van der Waals surface area contributed by atoms with Crippen molar-refractivity contribution in [2.45, 2.75) is 98.8 Å². The molecule has 0 radical (unpaired) electrons. The highest BCUT2D eigenvalue weighted by Gasteiger charge is 2.72. The van der Waals surface area contributed by atoms with E-state index in [0.717, 1.165) is 0 Å². The fourth-order valence-electron chi connectivity index (χ4n) is 8.80. The van der Waals surface area contributed by atoms with Gasteiger partial charge in [-0.05, 0) is 48.5 Å². The van der Waals surface area contributed by atoms with E-state index in [2.05, 4.69) is 58.8 Å². The topological polar surface area (TPSA) is 220 Å². The molecule has 0 saturated carbocycles. The maximum Gasteiger partial charge on any atom is 0.527 e. The summed E-state index contributed by atoms with van der Waals surface area (Å²) in [5.41, 5.74) is -6.48. The average Bonchev–Trinajstić information content (AvgIpc) is 1.60. The summed E-state index contributed by atoms with van der Waals surface area (Å²) in [5.74, 6) is -9.00. The first kappa shape index (κ1) is 87.7. The van der Waals surface area contributed by atoms with E-state index in [4.69, 9.17) is 65.4 Å². The van der Waals surface area contributed by atoms with Crippen LogP contribution in [0.4, 0.5) is 158 Å². The van der Waals surface area contributed by atoms with Gasteiger partial charge in [-0.15, -0.1) is 52.7 Å². The van der Waals surface area contributed by atoms with Gasteiger partial charge < -0.3 is 28.9 Å². The minimum Gasteiger partial charge on any atom is -0.483 e. The van der Waals surface area contributed by atoms with Gasteiger partial charge in [-0.1, -0.05) is 46.4 Å². The number of halogens is 40. The van der Waals surface area contributed by atoms with E-state index in [9.17, 15) is 158 Å². The highest BCUT2D eigenvalue weighted by Crippen LogP contribution is 2.52. The van der Waals surface area contributed by atoms with Gasteiger partial charge in [0, 0.05) is 43.8 Å². The number of alkyl halides is 36. The van der Waals surface area contributed by atoms with Crippen LogP contribution in [0.1, 0.15) is 0 Å². The third kappa shape index (κ3) is 19.9. The molecular weight excluding hydrogens is 1750 g/mol. The smallest absolute Gasteiger partial charge is 0.483 e. The SMILES string of the molecule is FC(F)(F)OC(F)(F)C(F)(F)OC(F)(F)COc1cc2c(cc1Cl)-c1nc-2nc2[nH]c(nc3nc(nc4[nH]c(n1)c1cc(OCC(F)(F)OC(F)(F)C(F)(F)OC(F)(F)F)c(Cl)cc41)-c1cc(OCC(F)(F)OC(F)(F)C(F)(F)OC(F)(F)F)c(Cl)cc1-3)c1cc(OCC(F)(F)OC(F)(F)C(F)(F)OC(F)(F)F)c(Cl)cc21. The van der Waals surface area contributed by atoms with Crippen LogP contribution in [0.5, 0.6) is 23.0 Å². The van der Waals surface area contributed by atoms with Crippen molar-refractivity contribution in [2.75, 3.05) is 26.4 Å². The van der Waals surface area contributed by atoms with Crippen molar-refractivity contribution in [2.24, 2.45) is 0 Å². The number of ether oxygens (including phenoxy) is 12. The molecule has 0 amide bonds. The second-order valence-electron chi connectivity index (χ2n) is 21.4. The molecule has 2 N–H and O–H groups in total. The van der Waals surface area contributed by atoms with E-state index in [1.54, 1.807) is 0 Å². The van der Waals surface area contributed by atoms with Gasteiger partial charge in [0.1, 0.15) is 45.6 Å². The number of fused-ring (bicyclic) bond motifs is 20. The van der Waals surface area contributed by atoms with E-state index in [0.29, 0.717) is 48.5 Å². The number of hydrogen-bond donors (Lipinski definition) is 2. The van der Waals surface area contributed by atoms with Crippen molar-refractivity contribution in [3.05, 3.63) is 68.6 Å². The van der Waals surface area contributed by atoms with Gasteiger partial charge in [0.25, 0.3) is 0 Å². The van der Waals surface area contributed by atoms with Crippen LogP contribution >= 0.6 is 46.4 Å². The molecule has 8 bridgehead atoms. The van der Waals surface area contributed by atoms with Gasteiger partial charge in [-0.3, -0.25) is 0 Å². The molecule has 7 aromatic rings. The van der Waals surface area contributed by atoms with Crippen LogP contribution in [-0.4, -0.2) is 165 Å². The van der Waals surface area contributed by atoms with Crippen LogP contribution in [0.3, 0.4) is 0 Å². The molecule has 4 aromatic carbocycles. The molecule has 2 aliphatic heterocycles. The third-order valence-corrected chi connectivity index (χ3v) is 14.2. The number of aromatic nitrogens is 8. The number of hydrogen-bond acceptors (Lipinski definition) is 18. The van der Waals surface area contributed by atoms with Gasteiger partial charge in [0.05, 0.1) is 20.1 Å². The standard InChI is InChI=1S/C52H18Cl4F36N8O12/c53-21-1-13-17(5-25(21)101-9-37(57,58)105-41(65,66)45(73,74)109-49(81,82)83)33-93-29(13)97-34-18-6-26(102-10-38(59,60)106-42(67,68)46(75,76)110-50(84,85)86)22(54)2-14(18)31(94-34)99-36-20-8-28(104-12-40(63,64)108-44(71,72)48(79,80)112-52(90,91)92)24(56)4-16(20)32(96-36)100-35-19-7-27(23(55)3-15(19)30(95-35)98-33)103-11-39(61,62)107-43(69,70)47(77,78)111-51(87,88)89/h1-8H,9-12H2,(H2,93,94,95,96,97,98,99,100).